The van der Waals surface area contributed by atoms with Gasteiger partial charge >= 0.3 is 5.97 Å². The highest BCUT2D eigenvalue weighted by molar-refractivity contribution is 5.77. The Kier molecular flexibility index (Phi) is 6.56. The molecule has 3 aromatic carbocycles. The molecule has 0 saturated carbocycles. The standard InChI is InChI=1S/C24H18N4O5/c1-14-8-18(13-26)9-15(2)24(14)33-22-10-20(27-19-6-4-17(12-25)5-7-19)21(28(30)31)11-23(22)32-16(3)29/h4-11,27H,1-3H3. The van der Waals surface area contributed by atoms with Crippen molar-refractivity contribution in [3.05, 3.63) is 80.9 Å². The summed E-state index contributed by atoms with van der Waals surface area (Å²) in [6.45, 7) is 4.70. The average Bonchev–Trinajstić information content (AvgIpc) is 2.77. The lowest BCUT2D eigenvalue weighted by Crippen LogP contribution is -2.06. The first-order valence-electron chi connectivity index (χ1n) is 9.69. The fourth-order valence-corrected chi connectivity index (χ4v) is 3.18. The highest BCUT2D eigenvalue weighted by Crippen LogP contribution is 2.42. The zero-order valence-corrected chi connectivity index (χ0v) is 18.0. The summed E-state index contributed by atoms with van der Waals surface area (Å²) in [7, 11) is 0. The van der Waals surface area contributed by atoms with E-state index in [1.54, 1.807) is 50.2 Å². The lowest BCUT2D eigenvalue weighted by Gasteiger charge is -2.17. The molecule has 0 fully saturated rings. The summed E-state index contributed by atoms with van der Waals surface area (Å²) in [4.78, 5) is 22.7. The second-order valence-electron chi connectivity index (χ2n) is 7.13. The molecule has 0 bridgehead atoms. The summed E-state index contributed by atoms with van der Waals surface area (Å²) in [5, 5.41) is 32.8. The molecule has 0 radical (unpaired) electrons. The molecule has 9 nitrogen and oxygen atoms in total. The first-order valence-corrected chi connectivity index (χ1v) is 9.69. The van der Waals surface area contributed by atoms with E-state index in [9.17, 15) is 14.9 Å². The van der Waals surface area contributed by atoms with Crippen LogP contribution in [0.4, 0.5) is 17.1 Å². The van der Waals surface area contributed by atoms with Crippen LogP contribution in [0.3, 0.4) is 0 Å². The third-order valence-electron chi connectivity index (χ3n) is 4.61. The van der Waals surface area contributed by atoms with E-state index in [-0.39, 0.29) is 22.9 Å². The number of carbonyl (C=O) groups excluding carboxylic acids is 1. The number of anilines is 2. The quantitative estimate of drug-likeness (QED) is 0.231. The maximum Gasteiger partial charge on any atom is 0.308 e. The minimum atomic E-state index is -0.671. The minimum absolute atomic E-state index is 0.0721. The number of benzene rings is 3. The van der Waals surface area contributed by atoms with Gasteiger partial charge < -0.3 is 14.8 Å². The van der Waals surface area contributed by atoms with Crippen LogP contribution in [0, 0.1) is 46.6 Å². The number of ether oxygens (including phenoxy) is 2. The molecule has 0 aliphatic heterocycles. The van der Waals surface area contributed by atoms with Gasteiger partial charge in [0.05, 0.1) is 34.3 Å². The van der Waals surface area contributed by atoms with Crippen LogP contribution < -0.4 is 14.8 Å². The molecule has 0 aromatic heterocycles. The van der Waals surface area contributed by atoms with Crippen molar-refractivity contribution in [2.24, 2.45) is 0 Å². The van der Waals surface area contributed by atoms with Crippen molar-refractivity contribution in [2.75, 3.05) is 5.32 Å². The van der Waals surface area contributed by atoms with Crippen LogP contribution in [-0.4, -0.2) is 10.9 Å². The molecule has 0 aliphatic carbocycles. The molecular weight excluding hydrogens is 424 g/mol. The Morgan fingerprint density at radius 1 is 0.970 bits per heavy atom. The van der Waals surface area contributed by atoms with Gasteiger partial charge in [0, 0.05) is 18.7 Å². The number of nitrogens with one attached hydrogen (secondary N) is 1. The van der Waals surface area contributed by atoms with Gasteiger partial charge in [0.2, 0.25) is 0 Å². The first kappa shape index (κ1) is 22.8. The molecule has 0 aliphatic rings. The highest BCUT2D eigenvalue weighted by Gasteiger charge is 2.23. The van der Waals surface area contributed by atoms with E-state index in [0.29, 0.717) is 33.7 Å². The van der Waals surface area contributed by atoms with Crippen molar-refractivity contribution in [3.8, 4) is 29.4 Å². The number of aryl methyl sites for hydroxylation is 2. The molecule has 0 unspecified atom stereocenters. The summed E-state index contributed by atoms with van der Waals surface area (Å²) >= 11 is 0. The summed E-state index contributed by atoms with van der Waals surface area (Å²) in [5.41, 5.74) is 2.51. The molecule has 164 valence electrons. The molecule has 0 atom stereocenters. The van der Waals surface area contributed by atoms with E-state index in [4.69, 9.17) is 20.0 Å². The smallest absolute Gasteiger partial charge is 0.308 e. The number of nitriles is 2. The van der Waals surface area contributed by atoms with E-state index < -0.39 is 10.9 Å². The zero-order valence-electron chi connectivity index (χ0n) is 18.0. The van der Waals surface area contributed by atoms with Gasteiger partial charge in [0.1, 0.15) is 11.4 Å². The van der Waals surface area contributed by atoms with Crippen LogP contribution in [-0.2, 0) is 4.79 Å². The number of hydrogen-bond donors (Lipinski definition) is 1. The summed E-state index contributed by atoms with van der Waals surface area (Å²) < 4.78 is 11.2. The normalized spacial score (nSPS) is 9.97. The SMILES string of the molecule is CC(=O)Oc1cc([N+](=O)[O-])c(Nc2ccc(C#N)cc2)cc1Oc1c(C)cc(C#N)cc1C. The molecule has 3 rings (SSSR count). The maximum atomic E-state index is 11.7. The third-order valence-corrected chi connectivity index (χ3v) is 4.61. The molecule has 0 spiro atoms. The molecule has 1 N–H and O–H groups in total. The van der Waals surface area contributed by atoms with E-state index in [1.165, 1.54) is 13.0 Å². The highest BCUT2D eigenvalue weighted by atomic mass is 16.6. The summed E-state index contributed by atoms with van der Waals surface area (Å²) in [6.07, 6.45) is 0. The molecule has 3 aromatic rings. The number of carbonyl (C=O) groups is 1. The summed E-state index contributed by atoms with van der Waals surface area (Å²) in [5.74, 6) is -0.290. The number of nitro groups is 1. The summed E-state index contributed by atoms with van der Waals surface area (Å²) in [6, 6.07) is 16.2. The van der Waals surface area contributed by atoms with Crippen molar-refractivity contribution >= 4 is 23.0 Å². The van der Waals surface area contributed by atoms with Crippen molar-refractivity contribution in [1.29, 1.82) is 10.5 Å². The predicted octanol–water partition coefficient (Wildman–Crippen LogP) is 5.42. The Morgan fingerprint density at radius 2 is 1.58 bits per heavy atom. The van der Waals surface area contributed by atoms with Crippen LogP contribution >= 0.6 is 0 Å². The molecule has 0 heterocycles. The Balaban J connectivity index is 2.12. The lowest BCUT2D eigenvalue weighted by molar-refractivity contribution is -0.384. The van der Waals surface area contributed by atoms with Gasteiger partial charge in [-0.25, -0.2) is 0 Å². The number of rotatable bonds is 6. The number of nitro benzene ring substituents is 1. The Bertz CT molecular complexity index is 1310. The van der Waals surface area contributed by atoms with Crippen molar-refractivity contribution in [3.63, 3.8) is 0 Å². The molecule has 0 amide bonds. The van der Waals surface area contributed by atoms with Gasteiger partial charge in [0.25, 0.3) is 5.69 Å². The number of nitrogens with zero attached hydrogens (tertiary/aromatic N) is 3. The molecule has 0 saturated heterocycles. The van der Waals surface area contributed by atoms with E-state index >= 15 is 0 Å². The van der Waals surface area contributed by atoms with Gasteiger partial charge in [-0.3, -0.25) is 14.9 Å². The molecule has 9 heteroatoms. The van der Waals surface area contributed by atoms with Crippen LogP contribution in [0.15, 0.2) is 48.5 Å². The monoisotopic (exact) mass is 442 g/mol. The largest absolute Gasteiger partial charge is 0.453 e. The number of esters is 1. The Morgan fingerprint density at radius 3 is 2.09 bits per heavy atom. The second kappa shape index (κ2) is 9.50. The zero-order chi connectivity index (χ0) is 24.1. The van der Waals surface area contributed by atoms with E-state index in [1.807, 2.05) is 6.07 Å². The van der Waals surface area contributed by atoms with Gasteiger partial charge in [-0.15, -0.1) is 0 Å². The van der Waals surface area contributed by atoms with Crippen LogP contribution in [0.2, 0.25) is 0 Å². The molecule has 33 heavy (non-hydrogen) atoms. The predicted molar refractivity (Wildman–Crippen MR) is 120 cm³/mol. The van der Waals surface area contributed by atoms with E-state index in [0.717, 1.165) is 6.07 Å². The van der Waals surface area contributed by atoms with Crippen molar-refractivity contribution in [2.45, 2.75) is 20.8 Å². The van der Waals surface area contributed by atoms with E-state index in [2.05, 4.69) is 11.4 Å². The van der Waals surface area contributed by atoms with Gasteiger partial charge in [-0.2, -0.15) is 10.5 Å². The minimum Gasteiger partial charge on any atom is -0.453 e. The fourth-order valence-electron chi connectivity index (χ4n) is 3.18. The van der Waals surface area contributed by atoms with Crippen molar-refractivity contribution < 1.29 is 19.2 Å². The van der Waals surface area contributed by atoms with Crippen molar-refractivity contribution in [1.82, 2.24) is 0 Å². The fraction of sp³-hybridized carbons (Fsp3) is 0.125. The topological polar surface area (TPSA) is 138 Å². The van der Waals surface area contributed by atoms with Crippen LogP contribution in [0.1, 0.15) is 29.2 Å². The van der Waals surface area contributed by atoms with Crippen LogP contribution in [0.25, 0.3) is 0 Å². The van der Waals surface area contributed by atoms with Gasteiger partial charge in [-0.1, -0.05) is 0 Å². The molecular formula is C24H18N4O5. The third kappa shape index (κ3) is 5.24. The van der Waals surface area contributed by atoms with Gasteiger partial charge in [0.15, 0.2) is 11.5 Å². The number of hydrogen-bond acceptors (Lipinski definition) is 8. The second-order valence-corrected chi connectivity index (χ2v) is 7.13. The Hall–Kier alpha value is -4.89. The maximum absolute atomic E-state index is 11.7. The Labute approximate surface area is 189 Å². The lowest BCUT2D eigenvalue weighted by atomic mass is 10.1. The average molecular weight is 442 g/mol. The van der Waals surface area contributed by atoms with Gasteiger partial charge in [-0.05, 0) is 61.4 Å². The first-order chi connectivity index (χ1) is 15.7. The van der Waals surface area contributed by atoms with Crippen LogP contribution in [0.5, 0.6) is 17.2 Å².